The Morgan fingerprint density at radius 3 is 2.43 bits per heavy atom. The molecule has 0 aliphatic rings. The molecule has 23 heavy (non-hydrogen) atoms. The third-order valence-corrected chi connectivity index (χ3v) is 3.44. The van der Waals surface area contributed by atoms with Crippen LogP contribution in [0, 0.1) is 0 Å². The Kier molecular flexibility index (Phi) is 5.66. The zero-order valence-electron chi connectivity index (χ0n) is 12.9. The summed E-state index contributed by atoms with van der Waals surface area (Å²) >= 11 is 5.85. The lowest BCUT2D eigenvalue weighted by molar-refractivity contribution is -0.130. The highest BCUT2D eigenvalue weighted by atomic mass is 35.5. The van der Waals surface area contributed by atoms with Gasteiger partial charge in [0.05, 0.1) is 19.3 Å². The number of benzene rings is 2. The van der Waals surface area contributed by atoms with Crippen molar-refractivity contribution >= 4 is 29.2 Å². The number of hydrogen-bond donors (Lipinski definition) is 1. The van der Waals surface area contributed by atoms with Crippen LogP contribution in [0.15, 0.2) is 42.5 Å². The molecule has 0 unspecified atom stereocenters. The van der Waals surface area contributed by atoms with E-state index in [-0.39, 0.29) is 5.57 Å². The Morgan fingerprint density at radius 2 is 1.87 bits per heavy atom. The van der Waals surface area contributed by atoms with Gasteiger partial charge in [-0.3, -0.25) is 0 Å². The fourth-order valence-electron chi connectivity index (χ4n) is 2.11. The summed E-state index contributed by atoms with van der Waals surface area (Å²) < 4.78 is 10.7. The monoisotopic (exact) mass is 332 g/mol. The summed E-state index contributed by atoms with van der Waals surface area (Å²) in [5.74, 6) is 0.164. The third kappa shape index (κ3) is 4.27. The highest BCUT2D eigenvalue weighted by Crippen LogP contribution is 2.30. The van der Waals surface area contributed by atoms with E-state index < -0.39 is 5.97 Å². The van der Waals surface area contributed by atoms with Crippen molar-refractivity contribution in [3.8, 4) is 11.5 Å². The van der Waals surface area contributed by atoms with Crippen molar-refractivity contribution in [1.82, 2.24) is 0 Å². The lowest BCUT2D eigenvalue weighted by Gasteiger charge is -2.10. The van der Waals surface area contributed by atoms with Crippen LogP contribution in [0.4, 0.5) is 0 Å². The fourth-order valence-corrected chi connectivity index (χ4v) is 2.24. The maximum absolute atomic E-state index is 11.6. The predicted molar refractivity (Wildman–Crippen MR) is 91.1 cm³/mol. The van der Waals surface area contributed by atoms with Crippen LogP contribution in [0.3, 0.4) is 0 Å². The molecule has 2 rings (SSSR count). The highest BCUT2D eigenvalue weighted by Gasteiger charge is 2.12. The Morgan fingerprint density at radius 1 is 1.17 bits per heavy atom. The second-order valence-electron chi connectivity index (χ2n) is 4.71. The van der Waals surface area contributed by atoms with Crippen molar-refractivity contribution in [2.24, 2.45) is 0 Å². The normalized spacial score (nSPS) is 11.2. The number of ether oxygens (including phenoxy) is 2. The van der Waals surface area contributed by atoms with Crippen LogP contribution in [0.1, 0.15) is 18.1 Å². The van der Waals surface area contributed by atoms with Crippen LogP contribution >= 0.6 is 11.6 Å². The van der Waals surface area contributed by atoms with Gasteiger partial charge in [0.15, 0.2) is 11.5 Å². The maximum atomic E-state index is 11.6. The van der Waals surface area contributed by atoms with Gasteiger partial charge in [0.2, 0.25) is 0 Å². The van der Waals surface area contributed by atoms with Crippen molar-refractivity contribution in [3.63, 3.8) is 0 Å². The van der Waals surface area contributed by atoms with Gasteiger partial charge in [0.1, 0.15) is 0 Å². The minimum atomic E-state index is -1.01. The SMILES string of the molecule is CCOc1ccc(/C=C(\C(=O)O)c2ccc(Cl)cc2)cc1OC. The van der Waals surface area contributed by atoms with E-state index in [2.05, 4.69) is 0 Å². The lowest BCUT2D eigenvalue weighted by Crippen LogP contribution is -2.00. The molecule has 5 heteroatoms. The third-order valence-electron chi connectivity index (χ3n) is 3.18. The first-order valence-electron chi connectivity index (χ1n) is 7.07. The molecule has 120 valence electrons. The zero-order chi connectivity index (χ0) is 16.8. The van der Waals surface area contributed by atoms with Crippen LogP contribution in [-0.2, 0) is 4.79 Å². The molecule has 1 N–H and O–H groups in total. The number of hydrogen-bond acceptors (Lipinski definition) is 3. The van der Waals surface area contributed by atoms with E-state index in [1.54, 1.807) is 55.7 Å². The minimum absolute atomic E-state index is 0.174. The summed E-state index contributed by atoms with van der Waals surface area (Å²) in [6, 6.07) is 12.0. The number of methoxy groups -OCH3 is 1. The smallest absolute Gasteiger partial charge is 0.336 e. The maximum Gasteiger partial charge on any atom is 0.336 e. The van der Waals surface area contributed by atoms with Crippen LogP contribution < -0.4 is 9.47 Å². The molecule has 0 amide bonds. The van der Waals surface area contributed by atoms with Gasteiger partial charge in [-0.05, 0) is 48.4 Å². The molecule has 2 aromatic carbocycles. The molecule has 0 saturated heterocycles. The summed E-state index contributed by atoms with van der Waals surface area (Å²) in [6.45, 7) is 2.41. The number of carboxylic acids is 1. The number of carboxylic acid groups (broad SMARTS) is 1. The Bertz CT molecular complexity index is 720. The van der Waals surface area contributed by atoms with Crippen LogP contribution in [-0.4, -0.2) is 24.8 Å². The van der Waals surface area contributed by atoms with Crippen molar-refractivity contribution in [2.75, 3.05) is 13.7 Å². The second kappa shape index (κ2) is 7.70. The molecule has 0 atom stereocenters. The molecule has 0 heterocycles. The van der Waals surface area contributed by atoms with Crippen LogP contribution in [0.25, 0.3) is 11.6 Å². The first-order chi connectivity index (χ1) is 11.0. The van der Waals surface area contributed by atoms with Crippen molar-refractivity contribution in [1.29, 1.82) is 0 Å². The standard InChI is InChI=1S/C18H17ClO4/c1-3-23-16-9-4-12(11-17(16)22-2)10-15(18(20)21)13-5-7-14(19)8-6-13/h4-11H,3H2,1-2H3,(H,20,21)/b15-10-. The number of halogens is 1. The van der Waals surface area contributed by atoms with E-state index in [0.717, 1.165) is 0 Å². The Hall–Kier alpha value is -2.46. The highest BCUT2D eigenvalue weighted by molar-refractivity contribution is 6.30. The molecule has 4 nitrogen and oxygen atoms in total. The van der Waals surface area contributed by atoms with E-state index in [1.807, 2.05) is 6.92 Å². The van der Waals surface area contributed by atoms with Gasteiger partial charge in [-0.15, -0.1) is 0 Å². The van der Waals surface area contributed by atoms with E-state index in [4.69, 9.17) is 21.1 Å². The number of carbonyl (C=O) groups is 1. The molecule has 0 aromatic heterocycles. The number of rotatable bonds is 6. The predicted octanol–water partition coefficient (Wildman–Crippen LogP) is 4.37. The van der Waals surface area contributed by atoms with Gasteiger partial charge >= 0.3 is 5.97 Å². The minimum Gasteiger partial charge on any atom is -0.493 e. The van der Waals surface area contributed by atoms with Gasteiger partial charge in [-0.25, -0.2) is 4.79 Å². The summed E-state index contributed by atoms with van der Waals surface area (Å²) in [4.78, 5) is 11.6. The van der Waals surface area contributed by atoms with E-state index in [1.165, 1.54) is 0 Å². The molecular weight excluding hydrogens is 316 g/mol. The average Bonchev–Trinajstić information content (AvgIpc) is 2.54. The van der Waals surface area contributed by atoms with Crippen molar-refractivity contribution < 1.29 is 19.4 Å². The van der Waals surface area contributed by atoms with Crippen LogP contribution in [0.5, 0.6) is 11.5 Å². The van der Waals surface area contributed by atoms with Gasteiger partial charge in [0, 0.05) is 5.02 Å². The zero-order valence-corrected chi connectivity index (χ0v) is 13.6. The van der Waals surface area contributed by atoms with Gasteiger partial charge < -0.3 is 14.6 Å². The quantitative estimate of drug-likeness (QED) is 0.630. The number of aliphatic carboxylic acids is 1. The van der Waals surface area contributed by atoms with Gasteiger partial charge in [-0.1, -0.05) is 29.8 Å². The first-order valence-corrected chi connectivity index (χ1v) is 7.44. The molecule has 0 aliphatic heterocycles. The topological polar surface area (TPSA) is 55.8 Å². The average molecular weight is 333 g/mol. The Balaban J connectivity index is 2.43. The van der Waals surface area contributed by atoms with Crippen molar-refractivity contribution in [3.05, 3.63) is 58.6 Å². The summed E-state index contributed by atoms with van der Waals surface area (Å²) in [7, 11) is 1.54. The molecule has 0 fully saturated rings. The molecule has 2 aromatic rings. The van der Waals surface area contributed by atoms with E-state index >= 15 is 0 Å². The van der Waals surface area contributed by atoms with E-state index in [9.17, 15) is 9.90 Å². The fraction of sp³-hybridized carbons (Fsp3) is 0.167. The molecule has 0 radical (unpaired) electrons. The van der Waals surface area contributed by atoms with Gasteiger partial charge in [0.25, 0.3) is 0 Å². The lowest BCUT2D eigenvalue weighted by atomic mass is 10.0. The molecule has 0 bridgehead atoms. The van der Waals surface area contributed by atoms with E-state index in [0.29, 0.717) is 34.3 Å². The van der Waals surface area contributed by atoms with Gasteiger partial charge in [-0.2, -0.15) is 0 Å². The van der Waals surface area contributed by atoms with Crippen LogP contribution in [0.2, 0.25) is 5.02 Å². The molecule has 0 spiro atoms. The molecular formula is C18H17ClO4. The molecule has 0 saturated carbocycles. The van der Waals surface area contributed by atoms with Crippen molar-refractivity contribution in [2.45, 2.75) is 6.92 Å². The largest absolute Gasteiger partial charge is 0.493 e. The first kappa shape index (κ1) is 16.9. The summed E-state index contributed by atoms with van der Waals surface area (Å²) in [6.07, 6.45) is 1.59. The summed E-state index contributed by atoms with van der Waals surface area (Å²) in [5.41, 5.74) is 1.46. The second-order valence-corrected chi connectivity index (χ2v) is 5.15. The summed E-state index contributed by atoms with van der Waals surface area (Å²) in [5, 5.41) is 10.0. The molecule has 0 aliphatic carbocycles. The Labute approximate surface area is 139 Å².